The second-order valence-electron chi connectivity index (χ2n) is 5.21. The molecule has 0 bridgehead atoms. The third-order valence-corrected chi connectivity index (χ3v) is 5.15. The zero-order valence-corrected chi connectivity index (χ0v) is 10.9. The zero-order valence-electron chi connectivity index (χ0n) is 10.0. The molecule has 0 aromatic carbocycles. The summed E-state index contributed by atoms with van der Waals surface area (Å²) < 4.78 is 27.4. The number of sulfonamides is 1. The number of nitrogens with one attached hydrogen (secondary N) is 1. The Morgan fingerprint density at radius 2 is 1.89 bits per heavy atom. The van der Waals surface area contributed by atoms with Crippen molar-refractivity contribution in [3.8, 4) is 0 Å². The summed E-state index contributed by atoms with van der Waals surface area (Å²) in [5, 5.41) is 0. The maximum atomic E-state index is 12.3. The van der Waals surface area contributed by atoms with Crippen LogP contribution in [-0.2, 0) is 10.0 Å². The lowest BCUT2D eigenvalue weighted by Crippen LogP contribution is -2.38. The van der Waals surface area contributed by atoms with Gasteiger partial charge in [0, 0.05) is 12.2 Å². The number of aromatic nitrogens is 1. The van der Waals surface area contributed by atoms with Crippen LogP contribution in [0.25, 0.3) is 0 Å². The molecule has 2 saturated carbocycles. The SMILES string of the molecule is Nc1ncccc1S(=O)(=O)NC(C1CC1)C1CC1. The lowest BCUT2D eigenvalue weighted by atomic mass is 10.1. The average Bonchev–Trinajstić information content (AvgIpc) is 3.17. The molecule has 5 nitrogen and oxygen atoms in total. The Balaban J connectivity index is 1.83. The Kier molecular flexibility index (Phi) is 2.79. The maximum absolute atomic E-state index is 12.3. The molecule has 0 radical (unpaired) electrons. The summed E-state index contributed by atoms with van der Waals surface area (Å²) in [5.41, 5.74) is 5.64. The Morgan fingerprint density at radius 3 is 2.39 bits per heavy atom. The van der Waals surface area contributed by atoms with Crippen LogP contribution in [0, 0.1) is 11.8 Å². The molecule has 1 aromatic heterocycles. The maximum Gasteiger partial charge on any atom is 0.244 e. The first kappa shape index (κ1) is 11.9. The van der Waals surface area contributed by atoms with Gasteiger partial charge in [-0.15, -0.1) is 0 Å². The van der Waals surface area contributed by atoms with Gasteiger partial charge in [-0.1, -0.05) is 0 Å². The van der Waals surface area contributed by atoms with E-state index >= 15 is 0 Å². The quantitative estimate of drug-likeness (QED) is 0.837. The van der Waals surface area contributed by atoms with Crippen molar-refractivity contribution >= 4 is 15.8 Å². The van der Waals surface area contributed by atoms with Crippen LogP contribution in [-0.4, -0.2) is 19.4 Å². The molecule has 98 valence electrons. The fourth-order valence-corrected chi connectivity index (χ4v) is 3.82. The van der Waals surface area contributed by atoms with E-state index in [9.17, 15) is 8.42 Å². The van der Waals surface area contributed by atoms with E-state index in [0.29, 0.717) is 11.8 Å². The van der Waals surface area contributed by atoms with Crippen molar-refractivity contribution in [1.82, 2.24) is 9.71 Å². The van der Waals surface area contributed by atoms with Crippen LogP contribution in [0.1, 0.15) is 25.7 Å². The Labute approximate surface area is 107 Å². The number of pyridine rings is 1. The van der Waals surface area contributed by atoms with Crippen molar-refractivity contribution in [3.63, 3.8) is 0 Å². The molecule has 18 heavy (non-hydrogen) atoms. The van der Waals surface area contributed by atoms with Gasteiger partial charge in [0.2, 0.25) is 10.0 Å². The van der Waals surface area contributed by atoms with E-state index < -0.39 is 10.0 Å². The van der Waals surface area contributed by atoms with E-state index in [-0.39, 0.29) is 16.8 Å². The van der Waals surface area contributed by atoms with Crippen LogP contribution in [0.15, 0.2) is 23.2 Å². The molecule has 2 aliphatic carbocycles. The number of nitrogens with two attached hydrogens (primary N) is 1. The molecule has 0 spiro atoms. The molecule has 0 unspecified atom stereocenters. The summed E-state index contributed by atoms with van der Waals surface area (Å²) in [5.74, 6) is 1.10. The third kappa shape index (κ3) is 2.35. The van der Waals surface area contributed by atoms with Gasteiger partial charge in [-0.3, -0.25) is 0 Å². The van der Waals surface area contributed by atoms with Crippen LogP contribution in [0.5, 0.6) is 0 Å². The monoisotopic (exact) mass is 267 g/mol. The number of hydrogen-bond donors (Lipinski definition) is 2. The largest absolute Gasteiger partial charge is 0.383 e. The summed E-state index contributed by atoms with van der Waals surface area (Å²) >= 11 is 0. The van der Waals surface area contributed by atoms with E-state index in [1.54, 1.807) is 6.07 Å². The highest BCUT2D eigenvalue weighted by molar-refractivity contribution is 7.89. The van der Waals surface area contributed by atoms with Gasteiger partial charge in [0.25, 0.3) is 0 Å². The molecule has 2 fully saturated rings. The van der Waals surface area contributed by atoms with E-state index in [2.05, 4.69) is 9.71 Å². The van der Waals surface area contributed by atoms with Gasteiger partial charge >= 0.3 is 0 Å². The first-order valence-corrected chi connectivity index (χ1v) is 7.79. The standard InChI is InChI=1S/C12H17N3O2S/c13-12-10(2-1-7-14-12)18(16,17)15-11(8-3-4-8)9-5-6-9/h1-2,7-9,11,15H,3-6H2,(H2,13,14). The van der Waals surface area contributed by atoms with Crippen molar-refractivity contribution in [1.29, 1.82) is 0 Å². The molecular weight excluding hydrogens is 250 g/mol. The number of anilines is 1. The average molecular weight is 267 g/mol. The van der Waals surface area contributed by atoms with E-state index in [1.807, 2.05) is 0 Å². The topological polar surface area (TPSA) is 85.1 Å². The van der Waals surface area contributed by atoms with Crippen molar-refractivity contribution < 1.29 is 8.42 Å². The normalized spacial score (nSPS) is 20.3. The van der Waals surface area contributed by atoms with Crippen LogP contribution in [0.4, 0.5) is 5.82 Å². The third-order valence-electron chi connectivity index (χ3n) is 3.64. The molecule has 3 N–H and O–H groups in total. The van der Waals surface area contributed by atoms with Gasteiger partial charge in [-0.2, -0.15) is 0 Å². The molecule has 6 heteroatoms. The molecular formula is C12H17N3O2S. The minimum atomic E-state index is -3.54. The minimum Gasteiger partial charge on any atom is -0.383 e. The smallest absolute Gasteiger partial charge is 0.244 e. The highest BCUT2D eigenvalue weighted by Gasteiger charge is 2.43. The summed E-state index contributed by atoms with van der Waals surface area (Å²) in [6.45, 7) is 0. The molecule has 2 aliphatic rings. The molecule has 3 rings (SSSR count). The van der Waals surface area contributed by atoms with Gasteiger partial charge in [-0.05, 0) is 49.7 Å². The Bertz CT molecular complexity index is 538. The minimum absolute atomic E-state index is 0.0651. The Morgan fingerprint density at radius 1 is 1.28 bits per heavy atom. The highest BCUT2D eigenvalue weighted by Crippen LogP contribution is 2.45. The highest BCUT2D eigenvalue weighted by atomic mass is 32.2. The van der Waals surface area contributed by atoms with E-state index in [4.69, 9.17) is 5.73 Å². The lowest BCUT2D eigenvalue weighted by molar-refractivity contribution is 0.471. The summed E-state index contributed by atoms with van der Waals surface area (Å²) in [6.07, 6.45) is 6.02. The molecule has 0 atom stereocenters. The number of nitrogen functional groups attached to an aromatic ring is 1. The van der Waals surface area contributed by atoms with Crippen molar-refractivity contribution in [2.45, 2.75) is 36.6 Å². The van der Waals surface area contributed by atoms with Crippen LogP contribution in [0.3, 0.4) is 0 Å². The predicted molar refractivity (Wildman–Crippen MR) is 68.2 cm³/mol. The number of hydrogen-bond acceptors (Lipinski definition) is 4. The fraction of sp³-hybridized carbons (Fsp3) is 0.583. The van der Waals surface area contributed by atoms with Gasteiger partial charge in [0.05, 0.1) is 0 Å². The first-order chi connectivity index (χ1) is 8.58. The second kappa shape index (κ2) is 4.20. The van der Waals surface area contributed by atoms with Crippen LogP contribution >= 0.6 is 0 Å². The Hall–Kier alpha value is -1.14. The van der Waals surface area contributed by atoms with E-state index in [1.165, 1.54) is 12.3 Å². The van der Waals surface area contributed by atoms with E-state index in [0.717, 1.165) is 25.7 Å². The molecule has 0 amide bonds. The lowest BCUT2D eigenvalue weighted by Gasteiger charge is -2.18. The first-order valence-electron chi connectivity index (χ1n) is 6.31. The fourth-order valence-electron chi connectivity index (χ4n) is 2.36. The van der Waals surface area contributed by atoms with Crippen LogP contribution in [0.2, 0.25) is 0 Å². The van der Waals surface area contributed by atoms with Gasteiger partial charge < -0.3 is 5.73 Å². The van der Waals surface area contributed by atoms with Crippen LogP contribution < -0.4 is 10.5 Å². The molecule has 0 saturated heterocycles. The van der Waals surface area contributed by atoms with Crippen molar-refractivity contribution in [2.24, 2.45) is 11.8 Å². The molecule has 1 heterocycles. The van der Waals surface area contributed by atoms with Crippen molar-refractivity contribution in [2.75, 3.05) is 5.73 Å². The summed E-state index contributed by atoms with van der Waals surface area (Å²) in [7, 11) is -3.54. The molecule has 1 aromatic rings. The molecule has 0 aliphatic heterocycles. The van der Waals surface area contributed by atoms with Gasteiger partial charge in [-0.25, -0.2) is 18.1 Å². The van der Waals surface area contributed by atoms with Gasteiger partial charge in [0.15, 0.2) is 0 Å². The second-order valence-corrected chi connectivity index (χ2v) is 6.89. The predicted octanol–water partition coefficient (Wildman–Crippen LogP) is 1.13. The zero-order chi connectivity index (χ0) is 12.8. The summed E-state index contributed by atoms with van der Waals surface area (Å²) in [6, 6.07) is 3.19. The van der Waals surface area contributed by atoms with Gasteiger partial charge in [0.1, 0.15) is 10.7 Å². The summed E-state index contributed by atoms with van der Waals surface area (Å²) in [4.78, 5) is 3.93. The number of nitrogens with zero attached hydrogens (tertiary/aromatic N) is 1. The number of rotatable bonds is 5. The van der Waals surface area contributed by atoms with Crippen molar-refractivity contribution in [3.05, 3.63) is 18.3 Å².